The number of hydrogen-bond donors (Lipinski definition) is 1. The van der Waals surface area contributed by atoms with Crippen LogP contribution in [0.3, 0.4) is 0 Å². The number of aryl methyl sites for hydroxylation is 2. The van der Waals surface area contributed by atoms with E-state index in [4.69, 9.17) is 9.47 Å². The van der Waals surface area contributed by atoms with Gasteiger partial charge in [0.15, 0.2) is 11.5 Å². The van der Waals surface area contributed by atoms with Crippen molar-refractivity contribution in [2.24, 2.45) is 0 Å². The zero-order valence-corrected chi connectivity index (χ0v) is 15.3. The second-order valence-electron chi connectivity index (χ2n) is 5.36. The van der Waals surface area contributed by atoms with Gasteiger partial charge in [0, 0.05) is 0 Å². The Balaban J connectivity index is 1.88. The molecule has 0 amide bonds. The number of para-hydroxylation sites is 2. The van der Waals surface area contributed by atoms with Crippen molar-refractivity contribution in [3.63, 3.8) is 0 Å². The van der Waals surface area contributed by atoms with Crippen molar-refractivity contribution >= 4 is 10.0 Å². The average Bonchev–Trinajstić information content (AvgIpc) is 2.60. The largest absolute Gasteiger partial charge is 0.493 e. The summed E-state index contributed by atoms with van der Waals surface area (Å²) in [5.74, 6) is 6.73. The lowest BCUT2D eigenvalue weighted by molar-refractivity contribution is 0.331. The Kier molecular flexibility index (Phi) is 6.45. The van der Waals surface area contributed by atoms with Crippen molar-refractivity contribution in [1.82, 2.24) is 4.72 Å². The molecule has 0 saturated carbocycles. The van der Waals surface area contributed by atoms with Gasteiger partial charge in [0.25, 0.3) is 0 Å². The van der Waals surface area contributed by atoms with Gasteiger partial charge < -0.3 is 9.47 Å². The summed E-state index contributed by atoms with van der Waals surface area (Å²) in [6, 6.07) is 12.3. The molecule has 0 aliphatic heterocycles. The average molecular weight is 359 g/mol. The van der Waals surface area contributed by atoms with Gasteiger partial charge in [0.05, 0.1) is 18.6 Å². The Morgan fingerprint density at radius 2 is 1.72 bits per heavy atom. The normalized spacial score (nSPS) is 10.7. The van der Waals surface area contributed by atoms with Crippen LogP contribution in [0.5, 0.6) is 11.5 Å². The first-order valence-corrected chi connectivity index (χ1v) is 9.21. The van der Waals surface area contributed by atoms with Gasteiger partial charge in [-0.2, -0.15) is 4.72 Å². The molecule has 5 nitrogen and oxygen atoms in total. The first-order valence-electron chi connectivity index (χ1n) is 7.72. The maximum Gasteiger partial charge on any atom is 0.241 e. The lowest BCUT2D eigenvalue weighted by Gasteiger charge is -2.07. The minimum atomic E-state index is -3.56. The fourth-order valence-electron chi connectivity index (χ4n) is 2.06. The fourth-order valence-corrected chi connectivity index (χ4v) is 3.07. The zero-order valence-electron chi connectivity index (χ0n) is 14.5. The Morgan fingerprint density at radius 1 is 1.00 bits per heavy atom. The molecule has 0 aromatic heterocycles. The predicted octanol–water partition coefficient (Wildman–Crippen LogP) is 2.67. The van der Waals surface area contributed by atoms with E-state index >= 15 is 0 Å². The Bertz CT molecular complexity index is 895. The SMILES string of the molecule is COc1ccccc1OCC#CCNS(=O)(=O)c1ccc(C)c(C)c1. The van der Waals surface area contributed by atoms with E-state index in [9.17, 15) is 8.42 Å². The van der Waals surface area contributed by atoms with E-state index in [2.05, 4.69) is 16.6 Å². The molecule has 0 fully saturated rings. The third-order valence-electron chi connectivity index (χ3n) is 3.63. The van der Waals surface area contributed by atoms with Crippen LogP contribution in [0, 0.1) is 25.7 Å². The van der Waals surface area contributed by atoms with Crippen LogP contribution in [-0.2, 0) is 10.0 Å². The van der Waals surface area contributed by atoms with Crippen LogP contribution < -0.4 is 14.2 Å². The molecule has 0 radical (unpaired) electrons. The Hall–Kier alpha value is -2.49. The van der Waals surface area contributed by atoms with E-state index in [0.29, 0.717) is 11.5 Å². The standard InChI is InChI=1S/C19H21NO4S/c1-15-10-11-17(14-16(15)2)25(21,22)20-12-6-7-13-24-19-9-5-4-8-18(19)23-3/h4-5,8-11,14,20H,12-13H2,1-3H3. The fraction of sp³-hybridized carbons (Fsp3) is 0.263. The molecule has 0 bridgehead atoms. The van der Waals surface area contributed by atoms with Gasteiger partial charge in [-0.15, -0.1) is 0 Å². The smallest absolute Gasteiger partial charge is 0.241 e. The molecule has 0 heterocycles. The van der Waals surface area contributed by atoms with Crippen molar-refractivity contribution in [2.75, 3.05) is 20.3 Å². The number of ether oxygens (including phenoxy) is 2. The number of sulfonamides is 1. The highest BCUT2D eigenvalue weighted by atomic mass is 32.2. The number of nitrogens with one attached hydrogen (secondary N) is 1. The number of methoxy groups -OCH3 is 1. The highest BCUT2D eigenvalue weighted by Gasteiger charge is 2.13. The quantitative estimate of drug-likeness (QED) is 0.806. The predicted molar refractivity (Wildman–Crippen MR) is 97.4 cm³/mol. The van der Waals surface area contributed by atoms with Crippen molar-refractivity contribution in [3.8, 4) is 23.3 Å². The molecule has 2 aromatic rings. The summed E-state index contributed by atoms with van der Waals surface area (Å²) in [7, 11) is -2.00. The first kappa shape index (κ1) is 18.8. The highest BCUT2D eigenvalue weighted by molar-refractivity contribution is 7.89. The third-order valence-corrected chi connectivity index (χ3v) is 5.03. The molecule has 0 unspecified atom stereocenters. The van der Waals surface area contributed by atoms with Gasteiger partial charge in [-0.25, -0.2) is 8.42 Å². The molecule has 0 aliphatic rings. The molecule has 2 aromatic carbocycles. The van der Waals surface area contributed by atoms with Gasteiger partial charge in [-0.05, 0) is 49.2 Å². The van der Waals surface area contributed by atoms with Crippen LogP contribution >= 0.6 is 0 Å². The molecule has 0 aliphatic carbocycles. The molecule has 6 heteroatoms. The van der Waals surface area contributed by atoms with Crippen LogP contribution in [0.4, 0.5) is 0 Å². The van der Waals surface area contributed by atoms with Gasteiger partial charge in [-0.3, -0.25) is 0 Å². The summed E-state index contributed by atoms with van der Waals surface area (Å²) in [4.78, 5) is 0.239. The highest BCUT2D eigenvalue weighted by Crippen LogP contribution is 2.25. The van der Waals surface area contributed by atoms with E-state index in [1.165, 1.54) is 0 Å². The van der Waals surface area contributed by atoms with Gasteiger partial charge in [-0.1, -0.05) is 30.0 Å². The summed E-state index contributed by atoms with van der Waals surface area (Å²) in [6.45, 7) is 3.98. The molecule has 0 atom stereocenters. The summed E-state index contributed by atoms with van der Waals surface area (Å²) in [5, 5.41) is 0. The van der Waals surface area contributed by atoms with E-state index in [-0.39, 0.29) is 18.0 Å². The van der Waals surface area contributed by atoms with Crippen molar-refractivity contribution in [3.05, 3.63) is 53.6 Å². The molecule has 25 heavy (non-hydrogen) atoms. The molecule has 0 spiro atoms. The molecule has 0 saturated heterocycles. The summed E-state index contributed by atoms with van der Waals surface area (Å²) in [6.07, 6.45) is 0. The van der Waals surface area contributed by atoms with Gasteiger partial charge in [0.1, 0.15) is 6.61 Å². The van der Waals surface area contributed by atoms with Crippen LogP contribution in [0.1, 0.15) is 11.1 Å². The minimum Gasteiger partial charge on any atom is -0.493 e. The lowest BCUT2D eigenvalue weighted by Crippen LogP contribution is -2.24. The Morgan fingerprint density at radius 3 is 2.40 bits per heavy atom. The second kappa shape index (κ2) is 8.56. The summed E-state index contributed by atoms with van der Waals surface area (Å²) < 4.78 is 37.5. The van der Waals surface area contributed by atoms with Crippen LogP contribution in [-0.4, -0.2) is 28.7 Å². The molecule has 1 N–H and O–H groups in total. The van der Waals surface area contributed by atoms with E-state index in [1.54, 1.807) is 37.4 Å². The maximum atomic E-state index is 12.2. The second-order valence-corrected chi connectivity index (χ2v) is 7.13. The lowest BCUT2D eigenvalue weighted by atomic mass is 10.1. The monoisotopic (exact) mass is 359 g/mol. The number of rotatable bonds is 6. The number of hydrogen-bond acceptors (Lipinski definition) is 4. The van der Waals surface area contributed by atoms with Crippen LogP contribution in [0.2, 0.25) is 0 Å². The summed E-state index contributed by atoms with van der Waals surface area (Å²) in [5.41, 5.74) is 1.98. The van der Waals surface area contributed by atoms with E-state index in [1.807, 2.05) is 26.0 Å². The Labute approximate surface area is 149 Å². The van der Waals surface area contributed by atoms with E-state index < -0.39 is 10.0 Å². The van der Waals surface area contributed by atoms with Crippen molar-refractivity contribution < 1.29 is 17.9 Å². The maximum absolute atomic E-state index is 12.2. The van der Waals surface area contributed by atoms with Gasteiger partial charge in [0.2, 0.25) is 10.0 Å². The molecule has 132 valence electrons. The number of benzene rings is 2. The molecular formula is C19H21NO4S. The van der Waals surface area contributed by atoms with Crippen molar-refractivity contribution in [1.29, 1.82) is 0 Å². The summed E-state index contributed by atoms with van der Waals surface area (Å²) >= 11 is 0. The minimum absolute atomic E-state index is 0.0184. The topological polar surface area (TPSA) is 64.6 Å². The third kappa shape index (κ3) is 5.24. The molecule has 2 rings (SSSR count). The van der Waals surface area contributed by atoms with E-state index in [0.717, 1.165) is 11.1 Å². The zero-order chi connectivity index (χ0) is 18.3. The van der Waals surface area contributed by atoms with Crippen molar-refractivity contribution in [2.45, 2.75) is 18.7 Å². The van der Waals surface area contributed by atoms with Crippen LogP contribution in [0.25, 0.3) is 0 Å². The first-order chi connectivity index (χ1) is 11.9. The van der Waals surface area contributed by atoms with Crippen LogP contribution in [0.15, 0.2) is 47.4 Å². The molecular weight excluding hydrogens is 338 g/mol. The van der Waals surface area contributed by atoms with Gasteiger partial charge >= 0.3 is 0 Å².